The van der Waals surface area contributed by atoms with Gasteiger partial charge in [0.2, 0.25) is 5.91 Å². The molecule has 2 aliphatic carbocycles. The lowest BCUT2D eigenvalue weighted by Crippen LogP contribution is -2.52. The number of nitro groups is 1. The van der Waals surface area contributed by atoms with Crippen molar-refractivity contribution < 1.29 is 14.5 Å². The van der Waals surface area contributed by atoms with E-state index in [0.717, 1.165) is 0 Å². The van der Waals surface area contributed by atoms with Crippen molar-refractivity contribution in [2.75, 3.05) is 18.5 Å². The van der Waals surface area contributed by atoms with Crippen molar-refractivity contribution in [1.82, 2.24) is 4.90 Å². The quantitative estimate of drug-likeness (QED) is 0.446. The lowest BCUT2D eigenvalue weighted by atomic mass is 9.64. The summed E-state index contributed by atoms with van der Waals surface area (Å²) in [6.07, 6.45) is 1.24. The summed E-state index contributed by atoms with van der Waals surface area (Å²) in [5.74, 6) is -0.315. The predicted molar refractivity (Wildman–Crippen MR) is 111 cm³/mol. The number of rotatable bonds is 6. The van der Waals surface area contributed by atoms with Crippen LogP contribution in [-0.2, 0) is 9.59 Å². The van der Waals surface area contributed by atoms with E-state index in [-0.39, 0.29) is 17.4 Å². The standard InChI is InChI=1S/C21H28N4O4/c1-6-24(7-2)18(27)21-13-12-20(5,19(21,3)4)16(17(21)26)23-22-14-8-10-15(11-9-14)25(28)29/h8-11,22H,6-7,12-13H2,1-5H3/b23-16+. The second-order valence-electron chi connectivity index (χ2n) is 8.55. The minimum absolute atomic E-state index is 0.0175. The van der Waals surface area contributed by atoms with Crippen LogP contribution in [-0.4, -0.2) is 40.3 Å². The van der Waals surface area contributed by atoms with Gasteiger partial charge in [-0.25, -0.2) is 0 Å². The molecular weight excluding hydrogens is 372 g/mol. The number of hydrogen-bond donors (Lipinski definition) is 1. The highest BCUT2D eigenvalue weighted by Gasteiger charge is 2.77. The smallest absolute Gasteiger partial charge is 0.269 e. The highest BCUT2D eigenvalue weighted by molar-refractivity contribution is 6.50. The van der Waals surface area contributed by atoms with Gasteiger partial charge in [0.25, 0.3) is 5.69 Å². The molecule has 0 spiro atoms. The Bertz CT molecular complexity index is 888. The predicted octanol–water partition coefficient (Wildman–Crippen LogP) is 3.63. The van der Waals surface area contributed by atoms with Crippen LogP contribution in [0.1, 0.15) is 47.5 Å². The first kappa shape index (κ1) is 21.0. The number of hydrogen-bond acceptors (Lipinski definition) is 6. The summed E-state index contributed by atoms with van der Waals surface area (Å²) in [6.45, 7) is 11.0. The third-order valence-corrected chi connectivity index (χ3v) is 7.36. The highest BCUT2D eigenvalue weighted by Crippen LogP contribution is 2.69. The number of carbonyl (C=O) groups excluding carboxylic acids is 2. The van der Waals surface area contributed by atoms with Crippen LogP contribution < -0.4 is 5.43 Å². The molecule has 0 radical (unpaired) electrons. The van der Waals surface area contributed by atoms with Crippen LogP contribution in [0.5, 0.6) is 0 Å². The molecule has 1 aromatic carbocycles. The van der Waals surface area contributed by atoms with Gasteiger partial charge < -0.3 is 4.90 Å². The van der Waals surface area contributed by atoms with Crippen LogP contribution in [0.4, 0.5) is 11.4 Å². The van der Waals surface area contributed by atoms with Crippen molar-refractivity contribution in [3.63, 3.8) is 0 Å². The zero-order valence-corrected chi connectivity index (χ0v) is 17.6. The monoisotopic (exact) mass is 400 g/mol. The van der Waals surface area contributed by atoms with Gasteiger partial charge in [-0.3, -0.25) is 25.1 Å². The number of Topliss-reactive ketones (excluding diaryl/α,β-unsaturated/α-hetero) is 1. The van der Waals surface area contributed by atoms with Gasteiger partial charge in [0.15, 0.2) is 5.78 Å². The first-order valence-electron chi connectivity index (χ1n) is 9.99. The van der Waals surface area contributed by atoms with Gasteiger partial charge in [-0.15, -0.1) is 0 Å². The zero-order chi connectivity index (χ0) is 21.6. The molecular formula is C21H28N4O4. The van der Waals surface area contributed by atoms with Crippen molar-refractivity contribution >= 4 is 28.8 Å². The Morgan fingerprint density at radius 1 is 1.17 bits per heavy atom. The third-order valence-electron chi connectivity index (χ3n) is 7.36. The van der Waals surface area contributed by atoms with E-state index in [9.17, 15) is 19.7 Å². The van der Waals surface area contributed by atoms with Gasteiger partial charge in [-0.1, -0.05) is 20.8 Å². The number of benzene rings is 1. The maximum atomic E-state index is 13.5. The number of amides is 1. The number of nitro benzene ring substituents is 1. The fraction of sp³-hybridized carbons (Fsp3) is 0.571. The number of hydrazone groups is 1. The van der Waals surface area contributed by atoms with Crippen molar-refractivity contribution in [2.45, 2.75) is 47.5 Å². The molecule has 2 bridgehead atoms. The van der Waals surface area contributed by atoms with Crippen molar-refractivity contribution in [2.24, 2.45) is 21.3 Å². The number of ketones is 1. The largest absolute Gasteiger partial charge is 0.342 e. The summed E-state index contributed by atoms with van der Waals surface area (Å²) in [5, 5.41) is 15.2. The van der Waals surface area contributed by atoms with E-state index in [1.807, 2.05) is 34.6 Å². The molecule has 2 saturated carbocycles. The molecule has 156 valence electrons. The number of non-ortho nitro benzene ring substituents is 1. The van der Waals surface area contributed by atoms with E-state index in [4.69, 9.17) is 0 Å². The summed E-state index contributed by atoms with van der Waals surface area (Å²) in [6, 6.07) is 5.85. The molecule has 2 fully saturated rings. The molecule has 0 aromatic heterocycles. The number of nitrogens with one attached hydrogen (secondary N) is 1. The Kier molecular flexibility index (Phi) is 5.01. The minimum atomic E-state index is -1.09. The Labute approximate surface area is 170 Å². The molecule has 0 saturated heterocycles. The first-order chi connectivity index (χ1) is 13.6. The van der Waals surface area contributed by atoms with E-state index in [2.05, 4.69) is 10.5 Å². The Morgan fingerprint density at radius 2 is 1.76 bits per heavy atom. The van der Waals surface area contributed by atoms with Crippen LogP contribution in [0, 0.1) is 26.4 Å². The number of anilines is 1. The maximum Gasteiger partial charge on any atom is 0.269 e. The lowest BCUT2D eigenvalue weighted by Gasteiger charge is -2.40. The molecule has 3 rings (SSSR count). The lowest BCUT2D eigenvalue weighted by molar-refractivity contribution is -0.384. The van der Waals surface area contributed by atoms with Gasteiger partial charge in [0.05, 0.1) is 10.6 Å². The molecule has 1 aromatic rings. The topological polar surface area (TPSA) is 105 Å². The number of carbonyl (C=O) groups is 2. The molecule has 8 nitrogen and oxygen atoms in total. The summed E-state index contributed by atoms with van der Waals surface area (Å²) in [5.41, 5.74) is 1.59. The molecule has 2 atom stereocenters. The molecule has 29 heavy (non-hydrogen) atoms. The normalized spacial score (nSPS) is 28.6. The highest BCUT2D eigenvalue weighted by atomic mass is 16.6. The van der Waals surface area contributed by atoms with E-state index in [1.54, 1.807) is 17.0 Å². The fourth-order valence-corrected chi connectivity index (χ4v) is 5.00. The molecule has 8 heteroatoms. The van der Waals surface area contributed by atoms with Gasteiger partial charge in [-0.2, -0.15) is 5.10 Å². The summed E-state index contributed by atoms with van der Waals surface area (Å²) in [4.78, 5) is 39.1. The van der Waals surface area contributed by atoms with E-state index < -0.39 is 21.2 Å². The zero-order valence-electron chi connectivity index (χ0n) is 17.6. The van der Waals surface area contributed by atoms with E-state index in [0.29, 0.717) is 37.3 Å². The van der Waals surface area contributed by atoms with E-state index in [1.165, 1.54) is 12.1 Å². The number of fused-ring (bicyclic) bond motifs is 2. The van der Waals surface area contributed by atoms with Gasteiger partial charge in [0.1, 0.15) is 11.1 Å². The first-order valence-corrected chi connectivity index (χ1v) is 9.99. The van der Waals surface area contributed by atoms with Gasteiger partial charge in [-0.05, 0) is 44.2 Å². The number of nitrogens with zero attached hydrogens (tertiary/aromatic N) is 3. The second-order valence-corrected chi connectivity index (χ2v) is 8.55. The molecule has 0 heterocycles. The molecule has 1 N–H and O–H groups in total. The Balaban J connectivity index is 1.97. The van der Waals surface area contributed by atoms with Crippen LogP contribution >= 0.6 is 0 Å². The van der Waals surface area contributed by atoms with Crippen molar-refractivity contribution in [1.29, 1.82) is 0 Å². The average Bonchev–Trinajstić information content (AvgIpc) is 2.96. The van der Waals surface area contributed by atoms with Crippen molar-refractivity contribution in [3.05, 3.63) is 34.4 Å². The third kappa shape index (κ3) is 2.68. The van der Waals surface area contributed by atoms with Crippen LogP contribution in [0.2, 0.25) is 0 Å². The molecule has 2 aliphatic rings. The van der Waals surface area contributed by atoms with Crippen molar-refractivity contribution in [3.8, 4) is 0 Å². The Morgan fingerprint density at radius 3 is 2.28 bits per heavy atom. The van der Waals surface area contributed by atoms with E-state index >= 15 is 0 Å². The second kappa shape index (κ2) is 6.93. The fourth-order valence-electron chi connectivity index (χ4n) is 5.00. The average molecular weight is 400 g/mol. The molecule has 2 unspecified atom stereocenters. The summed E-state index contributed by atoms with van der Waals surface area (Å²) < 4.78 is 0. The van der Waals surface area contributed by atoms with Gasteiger partial charge in [0, 0.05) is 30.6 Å². The molecule has 1 amide bonds. The summed E-state index contributed by atoms with van der Waals surface area (Å²) in [7, 11) is 0. The van der Waals surface area contributed by atoms with Gasteiger partial charge >= 0.3 is 0 Å². The minimum Gasteiger partial charge on any atom is -0.342 e. The van der Waals surface area contributed by atoms with Crippen LogP contribution in [0.25, 0.3) is 0 Å². The Hall–Kier alpha value is -2.77. The molecule has 0 aliphatic heterocycles. The van der Waals surface area contributed by atoms with Crippen LogP contribution in [0.15, 0.2) is 29.4 Å². The summed E-state index contributed by atoms with van der Waals surface area (Å²) >= 11 is 0. The van der Waals surface area contributed by atoms with Crippen LogP contribution in [0.3, 0.4) is 0 Å². The maximum absolute atomic E-state index is 13.5. The SMILES string of the molecule is CCN(CC)C(=O)C12CCC(C)(/C(=N/Nc3ccc([N+](=O)[O-])cc3)C1=O)C2(C)C.